The van der Waals surface area contributed by atoms with Crippen molar-refractivity contribution in [3.63, 3.8) is 0 Å². The van der Waals surface area contributed by atoms with E-state index in [1.165, 1.54) is 19.8 Å². The lowest BCUT2D eigenvalue weighted by atomic mass is 9.43. The molecule has 0 bridgehead atoms. The van der Waals surface area contributed by atoms with Crippen LogP contribution in [0, 0.1) is 28.6 Å². The maximum absolute atomic E-state index is 12.9. The van der Waals surface area contributed by atoms with Crippen LogP contribution < -0.4 is 0 Å². The first kappa shape index (κ1) is 19.2. The highest BCUT2D eigenvalue weighted by molar-refractivity contribution is 6.01. The fourth-order valence-electron chi connectivity index (χ4n) is 6.86. The van der Waals surface area contributed by atoms with Crippen molar-refractivity contribution < 1.29 is 28.3 Å². The van der Waals surface area contributed by atoms with Gasteiger partial charge < -0.3 is 18.7 Å². The number of fused-ring (bicyclic) bond motifs is 4. The normalized spacial score (nSPS) is 35.7. The zero-order valence-corrected chi connectivity index (χ0v) is 16.7. The smallest absolute Gasteiger partial charge is 0.323 e. The van der Waals surface area contributed by atoms with Crippen LogP contribution in [0.1, 0.15) is 56.3 Å². The van der Waals surface area contributed by atoms with Gasteiger partial charge in [-0.05, 0) is 61.0 Å². The number of aldehydes is 1. The number of rotatable bonds is 3. The second kappa shape index (κ2) is 6.75. The summed E-state index contributed by atoms with van der Waals surface area (Å²) >= 11 is 0. The summed E-state index contributed by atoms with van der Waals surface area (Å²) in [5, 5.41) is 0. The monoisotopic (exact) mass is 388 g/mol. The molecule has 1 aromatic heterocycles. The van der Waals surface area contributed by atoms with Gasteiger partial charge in [0.05, 0.1) is 20.5 Å². The lowest BCUT2D eigenvalue weighted by Gasteiger charge is -2.59. The van der Waals surface area contributed by atoms with Gasteiger partial charge in [-0.25, -0.2) is 0 Å². The van der Waals surface area contributed by atoms with Crippen LogP contribution in [-0.4, -0.2) is 32.4 Å². The van der Waals surface area contributed by atoms with Gasteiger partial charge >= 0.3 is 11.9 Å². The molecule has 6 heteroatoms. The molecule has 2 saturated carbocycles. The minimum atomic E-state index is -1.40. The Morgan fingerprint density at radius 1 is 1.18 bits per heavy atom. The number of methoxy groups -OCH3 is 2. The third kappa shape index (κ3) is 2.29. The van der Waals surface area contributed by atoms with Crippen LogP contribution in [-0.2, 0) is 30.3 Å². The first-order chi connectivity index (χ1) is 13.5. The summed E-state index contributed by atoms with van der Waals surface area (Å²) in [6, 6.07) is 2.03. The molecule has 1 heterocycles. The fourth-order valence-corrected chi connectivity index (χ4v) is 6.86. The molecule has 0 aliphatic heterocycles. The zero-order chi connectivity index (χ0) is 20.1. The maximum atomic E-state index is 12.9. The molecule has 0 N–H and O–H groups in total. The second-order valence-corrected chi connectivity index (χ2v) is 8.73. The Kier molecular flexibility index (Phi) is 4.63. The predicted octanol–water partition coefficient (Wildman–Crippen LogP) is 3.28. The van der Waals surface area contributed by atoms with Crippen molar-refractivity contribution in [3.8, 4) is 0 Å². The molecule has 5 atom stereocenters. The number of esters is 2. The van der Waals surface area contributed by atoms with Gasteiger partial charge in [0.25, 0.3) is 0 Å². The van der Waals surface area contributed by atoms with Crippen molar-refractivity contribution in [1.29, 1.82) is 0 Å². The van der Waals surface area contributed by atoms with E-state index in [1.807, 2.05) is 6.07 Å². The summed E-state index contributed by atoms with van der Waals surface area (Å²) in [5.74, 6) is 0.0495. The van der Waals surface area contributed by atoms with Crippen LogP contribution >= 0.6 is 0 Å². The van der Waals surface area contributed by atoms with Crippen molar-refractivity contribution in [1.82, 2.24) is 0 Å². The van der Waals surface area contributed by atoms with Crippen LogP contribution in [0.3, 0.4) is 0 Å². The van der Waals surface area contributed by atoms with E-state index in [-0.39, 0.29) is 11.8 Å². The lowest BCUT2D eigenvalue weighted by molar-refractivity contribution is -0.193. The quantitative estimate of drug-likeness (QED) is 0.449. The number of hydrogen-bond acceptors (Lipinski definition) is 6. The Bertz CT molecular complexity index is 779. The minimum Gasteiger partial charge on any atom is -0.469 e. The third-order valence-corrected chi connectivity index (χ3v) is 8.06. The van der Waals surface area contributed by atoms with Crippen molar-refractivity contribution in [3.05, 3.63) is 23.7 Å². The van der Waals surface area contributed by atoms with Crippen LogP contribution in [0.25, 0.3) is 0 Å². The van der Waals surface area contributed by atoms with E-state index >= 15 is 0 Å². The largest absolute Gasteiger partial charge is 0.469 e. The number of hydrogen-bond donors (Lipinski definition) is 0. The predicted molar refractivity (Wildman–Crippen MR) is 99.3 cm³/mol. The van der Waals surface area contributed by atoms with E-state index in [1.54, 1.807) is 6.26 Å². The van der Waals surface area contributed by atoms with E-state index in [4.69, 9.17) is 13.9 Å². The van der Waals surface area contributed by atoms with Gasteiger partial charge in [0.2, 0.25) is 0 Å². The van der Waals surface area contributed by atoms with E-state index in [2.05, 4.69) is 6.92 Å². The highest BCUT2D eigenvalue weighted by Crippen LogP contribution is 2.64. The zero-order valence-electron chi connectivity index (χ0n) is 16.7. The molecule has 28 heavy (non-hydrogen) atoms. The maximum Gasteiger partial charge on any atom is 0.323 e. The molecule has 6 nitrogen and oxygen atoms in total. The van der Waals surface area contributed by atoms with Crippen molar-refractivity contribution in [2.75, 3.05) is 14.2 Å². The molecule has 0 amide bonds. The number of ether oxygens (including phenoxy) is 2. The van der Waals surface area contributed by atoms with E-state index in [0.29, 0.717) is 38.0 Å². The molecule has 152 valence electrons. The number of furan rings is 1. The van der Waals surface area contributed by atoms with Crippen molar-refractivity contribution >= 4 is 18.2 Å². The molecule has 0 saturated heterocycles. The molecule has 3 aliphatic rings. The number of carbonyl (C=O) groups is 3. The fraction of sp³-hybridized carbons (Fsp3) is 0.682. The SMILES string of the molecule is COC(=O)C1(C(=O)OC)CCC[C@]2(C=O)[C@@H]3Cc4occc4[C@@H](C)[C@@H]3CC[C@H]12. The molecule has 4 rings (SSSR count). The second-order valence-electron chi connectivity index (χ2n) is 8.73. The van der Waals surface area contributed by atoms with Gasteiger partial charge in [0.1, 0.15) is 12.0 Å². The standard InChI is InChI=1S/C22H28O6/c1-13-14-5-6-18-21(12-23,16(14)11-17-15(13)7-10-28-17)8-4-9-22(18,19(24)26-2)20(25)27-3/h7,10,12-14,16,18H,4-6,8-9,11H2,1-3H3/t13-,14-,16+,18-,21-/m0/s1. The Morgan fingerprint density at radius 3 is 2.54 bits per heavy atom. The highest BCUT2D eigenvalue weighted by Gasteiger charge is 2.67. The van der Waals surface area contributed by atoms with Crippen molar-refractivity contribution in [2.24, 2.45) is 28.6 Å². The third-order valence-electron chi connectivity index (χ3n) is 8.06. The minimum absolute atomic E-state index is 0.0476. The Hall–Kier alpha value is -2.11. The average molecular weight is 388 g/mol. The van der Waals surface area contributed by atoms with Crippen molar-refractivity contribution in [2.45, 2.75) is 51.4 Å². The van der Waals surface area contributed by atoms with Gasteiger partial charge in [-0.3, -0.25) is 9.59 Å². The molecular formula is C22H28O6. The topological polar surface area (TPSA) is 82.8 Å². The molecule has 0 radical (unpaired) electrons. The van der Waals surface area contributed by atoms with Gasteiger partial charge in [0.15, 0.2) is 5.41 Å². The Balaban J connectivity index is 1.84. The summed E-state index contributed by atoms with van der Waals surface area (Å²) in [5.41, 5.74) is -0.925. The first-order valence-electron chi connectivity index (χ1n) is 10.2. The molecule has 0 unspecified atom stereocenters. The molecular weight excluding hydrogens is 360 g/mol. The summed E-state index contributed by atoms with van der Waals surface area (Å²) in [4.78, 5) is 38.6. The highest BCUT2D eigenvalue weighted by atomic mass is 16.5. The van der Waals surface area contributed by atoms with Gasteiger partial charge in [-0.1, -0.05) is 13.3 Å². The number of carbonyl (C=O) groups excluding carboxylic acids is 3. The molecule has 3 aliphatic carbocycles. The van der Waals surface area contributed by atoms with E-state index < -0.39 is 28.7 Å². The first-order valence-corrected chi connectivity index (χ1v) is 10.2. The molecule has 2 fully saturated rings. The molecule has 0 spiro atoms. The Morgan fingerprint density at radius 2 is 1.89 bits per heavy atom. The van der Waals surface area contributed by atoms with Gasteiger partial charge in [-0.15, -0.1) is 0 Å². The van der Waals surface area contributed by atoms with Crippen LogP contribution in [0.4, 0.5) is 0 Å². The summed E-state index contributed by atoms with van der Waals surface area (Å²) in [7, 11) is 2.60. The summed E-state index contributed by atoms with van der Waals surface area (Å²) < 4.78 is 15.9. The lowest BCUT2D eigenvalue weighted by Crippen LogP contribution is -2.62. The van der Waals surface area contributed by atoms with Crippen LogP contribution in [0.2, 0.25) is 0 Å². The van der Waals surface area contributed by atoms with Gasteiger partial charge in [0, 0.05) is 11.8 Å². The van der Waals surface area contributed by atoms with Crippen LogP contribution in [0.5, 0.6) is 0 Å². The van der Waals surface area contributed by atoms with E-state index in [9.17, 15) is 14.4 Å². The Labute approximate surface area is 164 Å². The van der Waals surface area contributed by atoms with Crippen LogP contribution in [0.15, 0.2) is 16.7 Å². The molecule has 0 aromatic carbocycles. The molecule has 1 aromatic rings. The summed E-state index contributed by atoms with van der Waals surface area (Å²) in [6.07, 6.45) is 6.60. The van der Waals surface area contributed by atoms with Gasteiger partial charge in [-0.2, -0.15) is 0 Å². The average Bonchev–Trinajstić information content (AvgIpc) is 3.21. The summed E-state index contributed by atoms with van der Waals surface area (Å²) in [6.45, 7) is 2.20. The van der Waals surface area contributed by atoms with E-state index in [0.717, 1.165) is 18.5 Å².